The van der Waals surface area contributed by atoms with Crippen molar-refractivity contribution >= 4 is 16.9 Å². The van der Waals surface area contributed by atoms with Crippen molar-refractivity contribution in [3.8, 4) is 11.4 Å². The highest BCUT2D eigenvalue weighted by Crippen LogP contribution is 2.39. The zero-order valence-electron chi connectivity index (χ0n) is 16.5. The van der Waals surface area contributed by atoms with E-state index in [9.17, 15) is 13.2 Å². The molecule has 1 atom stereocenters. The van der Waals surface area contributed by atoms with Gasteiger partial charge in [0, 0.05) is 31.2 Å². The molecule has 0 amide bonds. The Labute approximate surface area is 171 Å². The van der Waals surface area contributed by atoms with Crippen LogP contribution < -0.4 is 10.6 Å². The van der Waals surface area contributed by atoms with Crippen molar-refractivity contribution < 1.29 is 17.9 Å². The molecule has 0 aliphatic carbocycles. The summed E-state index contributed by atoms with van der Waals surface area (Å²) in [4.78, 5) is 10.5. The van der Waals surface area contributed by atoms with E-state index in [0.29, 0.717) is 43.1 Å². The minimum Gasteiger partial charge on any atom is -0.370 e. The molecule has 1 fully saturated rings. The molecule has 0 spiro atoms. The standard InChI is InChI=1S/C20H23F3N6O/c1-2-7-19(11-24)12-29(9-10-30-19)15-6-5-14(20(21,22)23)17(26-15)16-13-4-3-8-25-18(13)28-27-16/h3-6,8H,2,7,9-12,24H2,1H3,(H,25,27,28). The smallest absolute Gasteiger partial charge is 0.370 e. The summed E-state index contributed by atoms with van der Waals surface area (Å²) in [6.07, 6.45) is -1.36. The minimum absolute atomic E-state index is 0.194. The molecule has 1 unspecified atom stereocenters. The van der Waals surface area contributed by atoms with Gasteiger partial charge in [0.15, 0.2) is 5.65 Å². The highest BCUT2D eigenvalue weighted by Gasteiger charge is 2.38. The molecule has 30 heavy (non-hydrogen) atoms. The van der Waals surface area contributed by atoms with E-state index in [-0.39, 0.29) is 11.4 Å². The predicted octanol–water partition coefficient (Wildman–Crippen LogP) is 3.37. The lowest BCUT2D eigenvalue weighted by molar-refractivity contribution is -0.137. The summed E-state index contributed by atoms with van der Waals surface area (Å²) in [7, 11) is 0. The average Bonchev–Trinajstić information content (AvgIpc) is 3.17. The number of H-pyrrole nitrogens is 1. The molecule has 160 valence electrons. The van der Waals surface area contributed by atoms with E-state index in [1.165, 1.54) is 12.3 Å². The van der Waals surface area contributed by atoms with E-state index in [2.05, 4.69) is 20.2 Å². The SMILES string of the molecule is CCCC1(CN)CN(c2ccc(C(F)(F)F)c(-c3[nH]nc4ncccc34)n2)CCO1. The maximum absolute atomic E-state index is 13.8. The molecule has 3 aromatic rings. The van der Waals surface area contributed by atoms with Gasteiger partial charge in [-0.1, -0.05) is 13.3 Å². The Morgan fingerprint density at radius 3 is 2.87 bits per heavy atom. The van der Waals surface area contributed by atoms with Gasteiger partial charge in [0.25, 0.3) is 0 Å². The maximum atomic E-state index is 13.8. The summed E-state index contributed by atoms with van der Waals surface area (Å²) in [5.74, 6) is 0.446. The molecule has 0 radical (unpaired) electrons. The van der Waals surface area contributed by atoms with E-state index in [0.717, 1.165) is 18.9 Å². The van der Waals surface area contributed by atoms with Crippen molar-refractivity contribution in [3.63, 3.8) is 0 Å². The Balaban J connectivity index is 1.79. The zero-order chi connectivity index (χ0) is 21.4. The van der Waals surface area contributed by atoms with Gasteiger partial charge in [-0.3, -0.25) is 5.10 Å². The topological polar surface area (TPSA) is 93.0 Å². The van der Waals surface area contributed by atoms with Crippen LogP contribution in [0.4, 0.5) is 19.0 Å². The molecule has 4 rings (SSSR count). The van der Waals surface area contributed by atoms with Crippen LogP contribution in [0.3, 0.4) is 0 Å². The van der Waals surface area contributed by atoms with E-state index < -0.39 is 17.3 Å². The van der Waals surface area contributed by atoms with Crippen LogP contribution in [-0.2, 0) is 10.9 Å². The van der Waals surface area contributed by atoms with Crippen molar-refractivity contribution in [2.75, 3.05) is 31.1 Å². The van der Waals surface area contributed by atoms with Crippen molar-refractivity contribution in [2.24, 2.45) is 5.73 Å². The lowest BCUT2D eigenvalue weighted by atomic mass is 9.95. The second kappa shape index (κ2) is 7.84. The molecule has 10 heteroatoms. The van der Waals surface area contributed by atoms with Gasteiger partial charge in [0.1, 0.15) is 11.5 Å². The van der Waals surface area contributed by atoms with Crippen LogP contribution in [0.25, 0.3) is 22.4 Å². The van der Waals surface area contributed by atoms with Crippen molar-refractivity contribution in [1.29, 1.82) is 0 Å². The molecule has 3 aromatic heterocycles. The molecule has 1 aliphatic heterocycles. The number of nitrogens with zero attached hydrogens (tertiary/aromatic N) is 4. The number of halogens is 3. The number of aromatic amines is 1. The Bertz CT molecular complexity index is 1030. The number of fused-ring (bicyclic) bond motifs is 1. The molecule has 0 aromatic carbocycles. The Morgan fingerprint density at radius 2 is 2.13 bits per heavy atom. The summed E-state index contributed by atoms with van der Waals surface area (Å²) >= 11 is 0. The minimum atomic E-state index is -4.56. The number of morpholine rings is 1. The van der Waals surface area contributed by atoms with Crippen LogP contribution in [0.2, 0.25) is 0 Å². The fourth-order valence-electron chi connectivity index (χ4n) is 3.95. The molecule has 1 saturated heterocycles. The van der Waals surface area contributed by atoms with Gasteiger partial charge in [-0.25, -0.2) is 9.97 Å². The second-order valence-corrected chi connectivity index (χ2v) is 7.44. The maximum Gasteiger partial charge on any atom is 0.418 e. The van der Waals surface area contributed by atoms with Gasteiger partial charge in [0.05, 0.1) is 23.5 Å². The first-order valence-corrected chi connectivity index (χ1v) is 9.83. The summed E-state index contributed by atoms with van der Waals surface area (Å²) in [6.45, 7) is 3.81. The van der Waals surface area contributed by atoms with Gasteiger partial charge in [-0.05, 0) is 30.7 Å². The highest BCUT2D eigenvalue weighted by molar-refractivity contribution is 5.90. The number of hydrogen-bond acceptors (Lipinski definition) is 6. The van der Waals surface area contributed by atoms with Crippen LogP contribution >= 0.6 is 0 Å². The first kappa shape index (κ1) is 20.5. The van der Waals surface area contributed by atoms with Crippen LogP contribution in [0.5, 0.6) is 0 Å². The Hall–Kier alpha value is -2.72. The number of aromatic nitrogens is 4. The third-order valence-electron chi connectivity index (χ3n) is 5.40. The number of ether oxygens (including phenoxy) is 1. The van der Waals surface area contributed by atoms with Crippen LogP contribution in [0.15, 0.2) is 30.5 Å². The van der Waals surface area contributed by atoms with Crippen LogP contribution in [-0.4, -0.2) is 52.0 Å². The molecule has 3 N–H and O–H groups in total. The second-order valence-electron chi connectivity index (χ2n) is 7.44. The molecular formula is C20H23F3N6O. The number of rotatable bonds is 5. The molecule has 0 saturated carbocycles. The van der Waals surface area contributed by atoms with Gasteiger partial charge in [-0.2, -0.15) is 18.3 Å². The fraction of sp³-hybridized carbons (Fsp3) is 0.450. The van der Waals surface area contributed by atoms with Gasteiger partial charge in [-0.15, -0.1) is 0 Å². The number of nitrogens with one attached hydrogen (secondary N) is 1. The number of nitrogens with two attached hydrogens (primary N) is 1. The normalized spacial score (nSPS) is 20.1. The first-order chi connectivity index (χ1) is 14.4. The molecule has 4 heterocycles. The first-order valence-electron chi connectivity index (χ1n) is 9.83. The van der Waals surface area contributed by atoms with Crippen molar-refractivity contribution in [1.82, 2.24) is 20.2 Å². The number of alkyl halides is 3. The van der Waals surface area contributed by atoms with E-state index in [1.54, 1.807) is 12.1 Å². The van der Waals surface area contributed by atoms with Crippen molar-refractivity contribution in [3.05, 3.63) is 36.0 Å². The summed E-state index contributed by atoms with van der Waals surface area (Å²) in [5, 5.41) is 7.19. The third-order valence-corrected chi connectivity index (χ3v) is 5.40. The predicted molar refractivity (Wildman–Crippen MR) is 107 cm³/mol. The van der Waals surface area contributed by atoms with Crippen LogP contribution in [0, 0.1) is 0 Å². The Morgan fingerprint density at radius 1 is 1.30 bits per heavy atom. The third kappa shape index (κ3) is 3.72. The molecular weight excluding hydrogens is 397 g/mol. The monoisotopic (exact) mass is 420 g/mol. The summed E-state index contributed by atoms with van der Waals surface area (Å²) < 4.78 is 47.2. The molecule has 7 nitrogen and oxygen atoms in total. The quantitative estimate of drug-likeness (QED) is 0.658. The molecule has 0 bridgehead atoms. The van der Waals surface area contributed by atoms with Gasteiger partial charge < -0.3 is 15.4 Å². The van der Waals surface area contributed by atoms with E-state index >= 15 is 0 Å². The lowest BCUT2D eigenvalue weighted by Gasteiger charge is -2.42. The van der Waals surface area contributed by atoms with Crippen LogP contribution in [0.1, 0.15) is 25.3 Å². The lowest BCUT2D eigenvalue weighted by Crippen LogP contribution is -2.56. The van der Waals surface area contributed by atoms with Crippen molar-refractivity contribution in [2.45, 2.75) is 31.5 Å². The largest absolute Gasteiger partial charge is 0.418 e. The zero-order valence-corrected chi connectivity index (χ0v) is 16.5. The van der Waals surface area contributed by atoms with E-state index in [4.69, 9.17) is 10.5 Å². The average molecular weight is 420 g/mol. The molecule has 1 aliphatic rings. The number of anilines is 1. The van der Waals surface area contributed by atoms with Gasteiger partial charge in [0.2, 0.25) is 0 Å². The fourth-order valence-corrected chi connectivity index (χ4v) is 3.95. The number of hydrogen-bond donors (Lipinski definition) is 2. The van der Waals surface area contributed by atoms with E-state index in [1.807, 2.05) is 11.8 Å². The summed E-state index contributed by atoms with van der Waals surface area (Å²) in [6, 6.07) is 5.80. The summed E-state index contributed by atoms with van der Waals surface area (Å²) in [5.41, 5.74) is 4.95. The highest BCUT2D eigenvalue weighted by atomic mass is 19.4. The number of pyridine rings is 2. The van der Waals surface area contributed by atoms with Gasteiger partial charge >= 0.3 is 6.18 Å². The Kier molecular flexibility index (Phi) is 5.37.